The smallest absolute Gasteiger partial charge is 0.222 e. The summed E-state index contributed by atoms with van der Waals surface area (Å²) in [6.07, 6.45) is 1.79. The first-order valence-corrected chi connectivity index (χ1v) is 9.38. The molecule has 0 radical (unpaired) electrons. The molecule has 3 aromatic rings. The minimum absolute atomic E-state index is 0.105. The molecule has 3 heterocycles. The number of anilines is 2. The summed E-state index contributed by atoms with van der Waals surface area (Å²) in [7, 11) is 0. The van der Waals surface area contributed by atoms with Crippen molar-refractivity contribution in [3.05, 3.63) is 24.2 Å². The number of hydrogen-bond acceptors (Lipinski definition) is 10. The lowest BCUT2D eigenvalue weighted by Gasteiger charge is -2.20. The van der Waals surface area contributed by atoms with Gasteiger partial charge in [0.15, 0.2) is 0 Å². The predicted molar refractivity (Wildman–Crippen MR) is 102 cm³/mol. The third-order valence-electron chi connectivity index (χ3n) is 4.87. The third-order valence-corrected chi connectivity index (χ3v) is 5.92. The van der Waals surface area contributed by atoms with Gasteiger partial charge in [-0.3, -0.25) is 4.98 Å². The number of hydrogen-bond donors (Lipinski definition) is 5. The fraction of sp³-hybridized carbons (Fsp3) is 0.412. The monoisotopic (exact) mass is 388 g/mol. The summed E-state index contributed by atoms with van der Waals surface area (Å²) in [6.45, 7) is 1.62. The minimum atomic E-state index is -1.02. The number of fused-ring (bicyclic) bond motifs is 1. The van der Waals surface area contributed by atoms with Gasteiger partial charge in [0.2, 0.25) is 5.95 Å². The lowest BCUT2D eigenvalue weighted by atomic mass is 10.1. The third kappa shape index (κ3) is 3.21. The average molecular weight is 388 g/mol. The Hall–Kier alpha value is -2.40. The number of nitrogen functional groups attached to an aromatic ring is 1. The molecule has 0 spiro atoms. The molecule has 0 amide bonds. The Morgan fingerprint density at radius 2 is 2.07 bits per heavy atom. The Morgan fingerprint density at radius 3 is 2.78 bits per heavy atom. The number of aryl methyl sites for hydroxylation is 1. The van der Waals surface area contributed by atoms with Gasteiger partial charge in [0, 0.05) is 18.7 Å². The van der Waals surface area contributed by atoms with Gasteiger partial charge in [-0.05, 0) is 19.4 Å². The Balaban J connectivity index is 1.75. The highest BCUT2D eigenvalue weighted by Crippen LogP contribution is 2.37. The van der Waals surface area contributed by atoms with Crippen molar-refractivity contribution in [2.45, 2.75) is 31.6 Å². The average Bonchev–Trinajstić information content (AvgIpc) is 3.17. The minimum Gasteiger partial charge on any atom is -0.396 e. The van der Waals surface area contributed by atoms with Gasteiger partial charge in [-0.1, -0.05) is 0 Å². The van der Waals surface area contributed by atoms with Crippen LogP contribution in [0, 0.1) is 12.8 Å². The van der Waals surface area contributed by atoms with E-state index in [0.717, 1.165) is 10.2 Å². The van der Waals surface area contributed by atoms with Crippen molar-refractivity contribution in [2.24, 2.45) is 5.92 Å². The quantitative estimate of drug-likeness (QED) is 0.432. The summed E-state index contributed by atoms with van der Waals surface area (Å²) >= 11 is 1.49. The van der Waals surface area contributed by atoms with Gasteiger partial charge in [0.25, 0.3) is 0 Å². The van der Waals surface area contributed by atoms with Gasteiger partial charge in [-0.15, -0.1) is 11.3 Å². The molecular formula is C17H20N6O3S. The molecule has 1 fully saturated rings. The van der Waals surface area contributed by atoms with Crippen molar-refractivity contribution in [3.8, 4) is 10.6 Å². The molecule has 0 aliphatic heterocycles. The predicted octanol–water partition coefficient (Wildman–Crippen LogP) is 0.553. The number of nitrogens with one attached hydrogen (secondary N) is 1. The number of nitrogens with zero attached hydrogens (tertiary/aromatic N) is 4. The first kappa shape index (κ1) is 18.0. The molecular weight excluding hydrogens is 368 g/mol. The number of rotatable bonds is 4. The van der Waals surface area contributed by atoms with E-state index >= 15 is 0 Å². The first-order valence-electron chi connectivity index (χ1n) is 8.56. The number of pyridine rings is 1. The molecule has 1 saturated carbocycles. The normalized spacial score (nSPS) is 25.2. The molecule has 4 atom stereocenters. The van der Waals surface area contributed by atoms with E-state index in [2.05, 4.69) is 25.3 Å². The van der Waals surface area contributed by atoms with Crippen LogP contribution in [0.25, 0.3) is 20.8 Å². The van der Waals surface area contributed by atoms with Crippen LogP contribution in [0.1, 0.15) is 12.1 Å². The summed E-state index contributed by atoms with van der Waals surface area (Å²) in [6, 6.07) is 1.42. The SMILES string of the molecule is Cc1nc(N)nc(N[C@@H]2C[C@H](CO)[C@@H](O)[C@H]2O)c1-c1nc2cnccc2s1. The van der Waals surface area contributed by atoms with E-state index in [-0.39, 0.29) is 12.6 Å². The topological polar surface area (TPSA) is 150 Å². The molecule has 3 aromatic heterocycles. The van der Waals surface area contributed by atoms with Gasteiger partial charge in [0.1, 0.15) is 22.4 Å². The maximum atomic E-state index is 10.3. The van der Waals surface area contributed by atoms with Gasteiger partial charge in [-0.2, -0.15) is 4.98 Å². The molecule has 6 N–H and O–H groups in total. The van der Waals surface area contributed by atoms with Gasteiger partial charge >= 0.3 is 0 Å². The Kier molecular flexibility index (Phi) is 4.64. The molecule has 4 rings (SSSR count). The van der Waals surface area contributed by atoms with E-state index in [9.17, 15) is 15.3 Å². The molecule has 1 aliphatic rings. The maximum Gasteiger partial charge on any atom is 0.222 e. The molecule has 10 heteroatoms. The van der Waals surface area contributed by atoms with Crippen molar-refractivity contribution in [1.29, 1.82) is 0 Å². The molecule has 0 unspecified atom stereocenters. The zero-order valence-corrected chi connectivity index (χ0v) is 15.4. The molecule has 0 bridgehead atoms. The number of nitrogens with two attached hydrogens (primary N) is 1. The highest BCUT2D eigenvalue weighted by Gasteiger charge is 2.41. The van der Waals surface area contributed by atoms with Crippen LogP contribution < -0.4 is 11.1 Å². The van der Waals surface area contributed by atoms with E-state index in [4.69, 9.17) is 5.73 Å². The van der Waals surface area contributed by atoms with Crippen molar-refractivity contribution >= 4 is 33.3 Å². The summed E-state index contributed by atoms with van der Waals surface area (Å²) in [4.78, 5) is 17.3. The van der Waals surface area contributed by atoms with E-state index in [0.29, 0.717) is 28.5 Å². The van der Waals surface area contributed by atoms with Crippen LogP contribution in [-0.4, -0.2) is 60.1 Å². The van der Waals surface area contributed by atoms with E-state index in [1.165, 1.54) is 11.3 Å². The van der Waals surface area contributed by atoms with Crippen molar-refractivity contribution < 1.29 is 15.3 Å². The first-order chi connectivity index (χ1) is 13.0. The van der Waals surface area contributed by atoms with Crippen LogP contribution >= 0.6 is 11.3 Å². The number of aromatic nitrogens is 4. The number of aliphatic hydroxyl groups excluding tert-OH is 3. The van der Waals surface area contributed by atoms with E-state index in [1.807, 2.05) is 13.0 Å². The molecule has 1 aliphatic carbocycles. The van der Waals surface area contributed by atoms with Gasteiger partial charge in [0.05, 0.1) is 34.3 Å². The zero-order chi connectivity index (χ0) is 19.1. The Morgan fingerprint density at radius 1 is 1.26 bits per heavy atom. The van der Waals surface area contributed by atoms with Crippen LogP contribution in [-0.2, 0) is 0 Å². The van der Waals surface area contributed by atoms with Crippen molar-refractivity contribution in [1.82, 2.24) is 19.9 Å². The van der Waals surface area contributed by atoms with Crippen LogP contribution in [0.3, 0.4) is 0 Å². The van der Waals surface area contributed by atoms with E-state index in [1.54, 1.807) is 12.4 Å². The Labute approximate surface area is 159 Å². The highest BCUT2D eigenvalue weighted by molar-refractivity contribution is 7.21. The maximum absolute atomic E-state index is 10.3. The second-order valence-electron chi connectivity index (χ2n) is 6.66. The van der Waals surface area contributed by atoms with Crippen LogP contribution in [0.5, 0.6) is 0 Å². The summed E-state index contributed by atoms with van der Waals surface area (Å²) < 4.78 is 0.985. The second-order valence-corrected chi connectivity index (χ2v) is 7.69. The summed E-state index contributed by atoms with van der Waals surface area (Å²) in [5.41, 5.74) is 7.95. The van der Waals surface area contributed by atoms with Crippen LogP contribution in [0.4, 0.5) is 11.8 Å². The van der Waals surface area contributed by atoms with Crippen molar-refractivity contribution in [2.75, 3.05) is 17.7 Å². The molecule has 27 heavy (non-hydrogen) atoms. The van der Waals surface area contributed by atoms with Crippen LogP contribution in [0.15, 0.2) is 18.5 Å². The highest BCUT2D eigenvalue weighted by atomic mass is 32.1. The summed E-state index contributed by atoms with van der Waals surface area (Å²) in [5.74, 6) is 0.157. The van der Waals surface area contributed by atoms with E-state index < -0.39 is 24.2 Å². The fourth-order valence-electron chi connectivity index (χ4n) is 3.47. The lowest BCUT2D eigenvalue weighted by Crippen LogP contribution is -2.35. The second kappa shape index (κ2) is 6.97. The summed E-state index contributed by atoms with van der Waals surface area (Å²) in [5, 5.41) is 33.7. The van der Waals surface area contributed by atoms with Crippen LogP contribution in [0.2, 0.25) is 0 Å². The molecule has 9 nitrogen and oxygen atoms in total. The van der Waals surface area contributed by atoms with Crippen molar-refractivity contribution in [3.63, 3.8) is 0 Å². The standard InChI is InChI=1S/C17H20N6O3S/c1-7-12(16-22-10-5-19-3-2-11(10)27-16)15(23-17(18)20-7)21-9-4-8(6-24)13(25)14(9)26/h2-3,5,8-9,13-14,24-26H,4,6H2,1H3,(H3,18,20,21,23)/t8-,9-,13-,14+/m1/s1. The van der Waals surface area contributed by atoms with Gasteiger partial charge in [-0.25, -0.2) is 9.97 Å². The van der Waals surface area contributed by atoms with Gasteiger partial charge < -0.3 is 26.4 Å². The number of aliphatic hydroxyl groups is 3. The zero-order valence-electron chi connectivity index (χ0n) is 14.6. The molecule has 0 saturated heterocycles. The molecule has 142 valence electrons. The number of thiazole rings is 1. The fourth-order valence-corrected chi connectivity index (χ4v) is 4.50. The lowest BCUT2D eigenvalue weighted by molar-refractivity contribution is 0.00446. The largest absolute Gasteiger partial charge is 0.396 e. The Bertz CT molecular complexity index is 947. The molecule has 0 aromatic carbocycles.